The second-order valence-corrected chi connectivity index (χ2v) is 3.99. The molecule has 0 aliphatic rings. The molecule has 90 valence electrons. The van der Waals surface area contributed by atoms with Gasteiger partial charge in [-0.3, -0.25) is 0 Å². The summed E-state index contributed by atoms with van der Waals surface area (Å²) < 4.78 is 0. The van der Waals surface area contributed by atoms with Crippen molar-refractivity contribution < 1.29 is 15.3 Å². The van der Waals surface area contributed by atoms with Crippen molar-refractivity contribution in [2.75, 3.05) is 0 Å². The molecule has 2 unspecified atom stereocenters. The van der Waals surface area contributed by atoms with Crippen molar-refractivity contribution in [1.29, 1.82) is 0 Å². The summed E-state index contributed by atoms with van der Waals surface area (Å²) in [6.07, 6.45) is 8.00. The van der Waals surface area contributed by atoms with E-state index in [2.05, 4.69) is 6.92 Å². The lowest BCUT2D eigenvalue weighted by atomic mass is 10.0. The maximum Gasteiger partial charge on any atom is 0.0777 e. The first-order valence-corrected chi connectivity index (χ1v) is 5.87. The Morgan fingerprint density at radius 3 is 2.27 bits per heavy atom. The van der Waals surface area contributed by atoms with Crippen molar-refractivity contribution in [1.82, 2.24) is 0 Å². The summed E-state index contributed by atoms with van der Waals surface area (Å²) in [4.78, 5) is 0. The Hall–Kier alpha value is -0.540. The Kier molecular flexibility index (Phi) is 9.63. The summed E-state index contributed by atoms with van der Waals surface area (Å²) in [5.74, 6) is 0. The number of rotatable bonds is 9. The minimum absolute atomic E-state index is 0.155. The number of aliphatic hydroxyl groups excluding tert-OH is 3. The van der Waals surface area contributed by atoms with Gasteiger partial charge in [0.2, 0.25) is 0 Å². The second kappa shape index (κ2) is 9.99. The molecule has 3 N–H and O–H groups in total. The monoisotopic (exact) mass is 216 g/mol. The molecule has 3 heteroatoms. The highest BCUT2D eigenvalue weighted by Gasteiger charge is 2.03. The van der Waals surface area contributed by atoms with E-state index in [9.17, 15) is 10.2 Å². The van der Waals surface area contributed by atoms with Gasteiger partial charge in [-0.2, -0.15) is 0 Å². The summed E-state index contributed by atoms with van der Waals surface area (Å²) in [7, 11) is 0. The van der Waals surface area contributed by atoms with Gasteiger partial charge < -0.3 is 15.3 Å². The van der Waals surface area contributed by atoms with E-state index in [4.69, 9.17) is 5.11 Å². The zero-order valence-corrected chi connectivity index (χ0v) is 9.60. The number of unbranched alkanes of at least 4 members (excludes halogenated alkanes) is 2. The molecule has 0 aromatic rings. The van der Waals surface area contributed by atoms with Gasteiger partial charge in [-0.05, 0) is 25.3 Å². The number of hydrogen-bond acceptors (Lipinski definition) is 3. The quantitative estimate of drug-likeness (QED) is 0.410. The van der Waals surface area contributed by atoms with Crippen LogP contribution in [0.2, 0.25) is 0 Å². The molecule has 0 bridgehead atoms. The SMILES string of the molecule is CCCC(O)CCCCCC(O)/C=C/O. The van der Waals surface area contributed by atoms with Gasteiger partial charge in [0.1, 0.15) is 0 Å². The van der Waals surface area contributed by atoms with Crippen molar-refractivity contribution in [3.63, 3.8) is 0 Å². The Morgan fingerprint density at radius 1 is 1.00 bits per heavy atom. The summed E-state index contributed by atoms with van der Waals surface area (Å²) in [6, 6.07) is 0. The molecule has 0 rings (SSSR count). The molecular weight excluding hydrogens is 192 g/mol. The van der Waals surface area contributed by atoms with E-state index in [0.717, 1.165) is 44.8 Å². The average Bonchev–Trinajstić information content (AvgIpc) is 2.18. The summed E-state index contributed by atoms with van der Waals surface area (Å²) in [5.41, 5.74) is 0. The molecule has 0 aliphatic carbocycles. The van der Waals surface area contributed by atoms with E-state index < -0.39 is 6.10 Å². The van der Waals surface area contributed by atoms with Crippen LogP contribution in [0.25, 0.3) is 0 Å². The van der Waals surface area contributed by atoms with Gasteiger partial charge in [-0.25, -0.2) is 0 Å². The highest BCUT2D eigenvalue weighted by Crippen LogP contribution is 2.10. The molecule has 3 nitrogen and oxygen atoms in total. The zero-order valence-electron chi connectivity index (χ0n) is 9.60. The van der Waals surface area contributed by atoms with Crippen LogP contribution in [0.5, 0.6) is 0 Å². The van der Waals surface area contributed by atoms with Gasteiger partial charge in [0.05, 0.1) is 18.5 Å². The van der Waals surface area contributed by atoms with Crippen LogP contribution in [0.15, 0.2) is 12.3 Å². The number of hydrogen-bond donors (Lipinski definition) is 3. The first kappa shape index (κ1) is 14.5. The fourth-order valence-electron chi connectivity index (χ4n) is 1.58. The van der Waals surface area contributed by atoms with Crippen molar-refractivity contribution in [2.24, 2.45) is 0 Å². The standard InChI is InChI=1S/C12H24O3/c1-2-6-11(14)7-4-3-5-8-12(15)9-10-13/h9-15H,2-8H2,1H3/b10-9+. The van der Waals surface area contributed by atoms with Gasteiger partial charge in [0.15, 0.2) is 0 Å². The predicted molar refractivity (Wildman–Crippen MR) is 61.8 cm³/mol. The van der Waals surface area contributed by atoms with E-state index >= 15 is 0 Å². The Bertz CT molecular complexity index is 157. The molecule has 0 aliphatic heterocycles. The highest BCUT2D eigenvalue weighted by molar-refractivity contribution is 4.81. The number of aliphatic hydroxyl groups is 3. The minimum Gasteiger partial charge on any atom is -0.516 e. The van der Waals surface area contributed by atoms with Crippen LogP contribution in [-0.4, -0.2) is 27.5 Å². The molecule has 0 fully saturated rings. The first-order valence-electron chi connectivity index (χ1n) is 5.87. The van der Waals surface area contributed by atoms with E-state index in [1.54, 1.807) is 0 Å². The lowest BCUT2D eigenvalue weighted by Gasteiger charge is -2.09. The molecule has 0 saturated carbocycles. The Labute approximate surface area is 92.4 Å². The van der Waals surface area contributed by atoms with E-state index in [1.807, 2.05) is 0 Å². The van der Waals surface area contributed by atoms with Crippen molar-refractivity contribution >= 4 is 0 Å². The molecule has 2 atom stereocenters. The minimum atomic E-state index is -0.532. The smallest absolute Gasteiger partial charge is 0.0777 e. The molecule has 15 heavy (non-hydrogen) atoms. The van der Waals surface area contributed by atoms with Crippen molar-refractivity contribution in [3.05, 3.63) is 12.3 Å². The maximum absolute atomic E-state index is 9.45. The van der Waals surface area contributed by atoms with Gasteiger partial charge in [-0.15, -0.1) is 0 Å². The zero-order chi connectivity index (χ0) is 11.5. The lowest BCUT2D eigenvalue weighted by Crippen LogP contribution is -2.05. The van der Waals surface area contributed by atoms with Crippen LogP contribution in [-0.2, 0) is 0 Å². The fraction of sp³-hybridized carbons (Fsp3) is 0.833. The van der Waals surface area contributed by atoms with Gasteiger partial charge in [-0.1, -0.05) is 32.6 Å². The van der Waals surface area contributed by atoms with Gasteiger partial charge >= 0.3 is 0 Å². The van der Waals surface area contributed by atoms with Crippen LogP contribution in [0.3, 0.4) is 0 Å². The lowest BCUT2D eigenvalue weighted by molar-refractivity contribution is 0.149. The maximum atomic E-state index is 9.45. The molecule has 0 amide bonds. The third-order valence-electron chi connectivity index (χ3n) is 2.47. The predicted octanol–water partition coefficient (Wildman–Crippen LogP) is 2.53. The topological polar surface area (TPSA) is 60.7 Å². The summed E-state index contributed by atoms with van der Waals surface area (Å²) in [6.45, 7) is 2.07. The molecule has 0 aromatic heterocycles. The van der Waals surface area contributed by atoms with Crippen LogP contribution < -0.4 is 0 Å². The van der Waals surface area contributed by atoms with E-state index in [-0.39, 0.29) is 6.10 Å². The highest BCUT2D eigenvalue weighted by atomic mass is 16.3. The third kappa shape index (κ3) is 9.76. The van der Waals surface area contributed by atoms with Crippen LogP contribution in [0, 0.1) is 0 Å². The first-order chi connectivity index (χ1) is 7.20. The van der Waals surface area contributed by atoms with E-state index in [1.165, 1.54) is 6.08 Å². The molecule has 0 spiro atoms. The molecular formula is C12H24O3. The average molecular weight is 216 g/mol. The van der Waals surface area contributed by atoms with E-state index in [0.29, 0.717) is 6.42 Å². The van der Waals surface area contributed by atoms with Crippen LogP contribution in [0.4, 0.5) is 0 Å². The fourth-order valence-corrected chi connectivity index (χ4v) is 1.58. The van der Waals surface area contributed by atoms with Crippen molar-refractivity contribution in [3.8, 4) is 0 Å². The molecule has 0 radical (unpaired) electrons. The van der Waals surface area contributed by atoms with Crippen LogP contribution >= 0.6 is 0 Å². The second-order valence-electron chi connectivity index (χ2n) is 3.99. The third-order valence-corrected chi connectivity index (χ3v) is 2.47. The van der Waals surface area contributed by atoms with Gasteiger partial charge in [0, 0.05) is 0 Å². The molecule has 0 aromatic carbocycles. The Morgan fingerprint density at radius 2 is 1.67 bits per heavy atom. The van der Waals surface area contributed by atoms with Crippen molar-refractivity contribution in [2.45, 2.75) is 64.1 Å². The van der Waals surface area contributed by atoms with Gasteiger partial charge in [0.25, 0.3) is 0 Å². The molecule has 0 saturated heterocycles. The largest absolute Gasteiger partial charge is 0.516 e. The Balaban J connectivity index is 3.24. The summed E-state index contributed by atoms with van der Waals surface area (Å²) in [5, 5.41) is 27.1. The summed E-state index contributed by atoms with van der Waals surface area (Å²) >= 11 is 0. The van der Waals surface area contributed by atoms with Crippen LogP contribution in [0.1, 0.15) is 51.9 Å². The normalized spacial score (nSPS) is 15.7. The molecule has 0 heterocycles.